The van der Waals surface area contributed by atoms with Crippen molar-refractivity contribution in [2.24, 2.45) is 0 Å². The van der Waals surface area contributed by atoms with Crippen LogP contribution in [0.25, 0.3) is 16.5 Å². The van der Waals surface area contributed by atoms with Gasteiger partial charge in [0.05, 0.1) is 11.8 Å². The van der Waals surface area contributed by atoms with Crippen LogP contribution in [0.2, 0.25) is 0 Å². The van der Waals surface area contributed by atoms with Gasteiger partial charge in [-0.1, -0.05) is 54.1 Å². The first-order chi connectivity index (χ1) is 15.7. The van der Waals surface area contributed by atoms with Gasteiger partial charge in [0.1, 0.15) is 0 Å². The van der Waals surface area contributed by atoms with E-state index in [1.54, 1.807) is 13.3 Å². The van der Waals surface area contributed by atoms with Gasteiger partial charge in [-0.05, 0) is 37.0 Å². The van der Waals surface area contributed by atoms with Gasteiger partial charge >= 0.3 is 0 Å². The molecule has 4 aromatic rings. The molecule has 1 fully saturated rings. The molecule has 0 spiro atoms. The number of carbonyl (C=O) groups excluding carboxylic acids is 1. The number of piperidine rings is 1. The van der Waals surface area contributed by atoms with Crippen molar-refractivity contribution in [1.82, 2.24) is 19.9 Å². The highest BCUT2D eigenvalue weighted by Gasteiger charge is 2.21. The van der Waals surface area contributed by atoms with Gasteiger partial charge in [-0.25, -0.2) is 4.98 Å². The van der Waals surface area contributed by atoms with Gasteiger partial charge < -0.3 is 4.98 Å². The van der Waals surface area contributed by atoms with Gasteiger partial charge in [-0.3, -0.25) is 14.7 Å². The summed E-state index contributed by atoms with van der Waals surface area (Å²) in [6.07, 6.45) is 7.50. The predicted octanol–water partition coefficient (Wildman–Crippen LogP) is 5.26. The number of ketones is 1. The molecule has 0 bridgehead atoms. The minimum atomic E-state index is 0.0877. The molecule has 0 saturated carbocycles. The van der Waals surface area contributed by atoms with E-state index in [0.29, 0.717) is 0 Å². The number of aromatic nitrogens is 3. The van der Waals surface area contributed by atoms with E-state index in [4.69, 9.17) is 4.98 Å². The standard InChI is InChI=1S/C27H26N4O/c1-19(32)20-7-9-21(10-8-20)26(25-6-2-4-23-5-3-13-29-27(23)25)22-11-14-31(15-12-22)17-24-16-28-18-30-24/h2-10,13,16,18H,11-12,14-15,17H2,1H3,(H,28,30). The lowest BCUT2D eigenvalue weighted by Crippen LogP contribution is -2.30. The maximum absolute atomic E-state index is 11.8. The number of nitrogens with zero attached hydrogens (tertiary/aromatic N) is 3. The summed E-state index contributed by atoms with van der Waals surface area (Å²) in [5, 5.41) is 1.14. The number of hydrogen-bond donors (Lipinski definition) is 1. The van der Waals surface area contributed by atoms with Gasteiger partial charge in [-0.15, -0.1) is 0 Å². The minimum absolute atomic E-state index is 0.0877. The summed E-state index contributed by atoms with van der Waals surface area (Å²) >= 11 is 0. The van der Waals surface area contributed by atoms with Crippen LogP contribution >= 0.6 is 0 Å². The second kappa shape index (κ2) is 8.89. The second-order valence-electron chi connectivity index (χ2n) is 8.35. The van der Waals surface area contributed by atoms with E-state index in [1.165, 1.54) is 11.1 Å². The average Bonchev–Trinajstić information content (AvgIpc) is 3.34. The number of nitrogens with one attached hydrogen (secondary N) is 1. The molecular weight excluding hydrogens is 396 g/mol. The molecule has 0 radical (unpaired) electrons. The first-order valence-corrected chi connectivity index (χ1v) is 11.1. The lowest BCUT2D eigenvalue weighted by Gasteiger charge is -2.30. The van der Waals surface area contributed by atoms with Gasteiger partial charge in [-0.2, -0.15) is 0 Å². The molecule has 1 saturated heterocycles. The first kappa shape index (κ1) is 20.3. The molecule has 5 heteroatoms. The largest absolute Gasteiger partial charge is 0.347 e. The number of Topliss-reactive ketones (excluding diaryl/α,β-unsaturated/α-hetero) is 1. The van der Waals surface area contributed by atoms with Gasteiger partial charge in [0.2, 0.25) is 0 Å². The topological polar surface area (TPSA) is 61.9 Å². The van der Waals surface area contributed by atoms with E-state index in [2.05, 4.69) is 51.3 Å². The Kier molecular flexibility index (Phi) is 5.65. The van der Waals surface area contributed by atoms with Crippen LogP contribution in [0.4, 0.5) is 0 Å². The van der Waals surface area contributed by atoms with Crippen molar-refractivity contribution >= 4 is 22.3 Å². The Balaban J connectivity index is 1.55. The summed E-state index contributed by atoms with van der Waals surface area (Å²) in [4.78, 5) is 26.3. The Morgan fingerprint density at radius 2 is 1.75 bits per heavy atom. The highest BCUT2D eigenvalue weighted by atomic mass is 16.1. The van der Waals surface area contributed by atoms with Crippen LogP contribution in [0.5, 0.6) is 0 Å². The highest BCUT2D eigenvalue weighted by Crippen LogP contribution is 2.35. The minimum Gasteiger partial charge on any atom is -0.347 e. The van der Waals surface area contributed by atoms with Crippen molar-refractivity contribution < 1.29 is 4.79 Å². The lowest BCUT2D eigenvalue weighted by molar-refractivity contribution is 0.101. The third-order valence-corrected chi connectivity index (χ3v) is 6.24. The van der Waals surface area contributed by atoms with Crippen molar-refractivity contribution in [3.05, 3.63) is 101 Å². The molecule has 0 aliphatic carbocycles. The quantitative estimate of drug-likeness (QED) is 0.446. The first-order valence-electron chi connectivity index (χ1n) is 11.1. The monoisotopic (exact) mass is 422 g/mol. The Hall–Kier alpha value is -3.57. The zero-order valence-corrected chi connectivity index (χ0v) is 18.2. The molecule has 0 amide bonds. The van der Waals surface area contributed by atoms with E-state index in [9.17, 15) is 4.79 Å². The fourth-order valence-corrected chi connectivity index (χ4v) is 4.57. The van der Waals surface area contributed by atoms with Gasteiger partial charge in [0.15, 0.2) is 5.78 Å². The van der Waals surface area contributed by atoms with Gasteiger partial charge in [0, 0.05) is 54.2 Å². The van der Waals surface area contributed by atoms with Crippen LogP contribution in [0.1, 0.15) is 46.9 Å². The SMILES string of the molecule is CC(=O)c1ccc(C(=C2CCN(Cc3cnc[nH]3)CC2)c2cccc3cccnc23)cc1. The number of para-hydroxylation sites is 1. The molecule has 1 aliphatic heterocycles. The molecule has 2 aromatic carbocycles. The molecule has 0 atom stereocenters. The van der Waals surface area contributed by atoms with E-state index >= 15 is 0 Å². The third kappa shape index (κ3) is 4.12. The zero-order chi connectivity index (χ0) is 21.9. The fraction of sp³-hybridized carbons (Fsp3) is 0.222. The Bertz CT molecular complexity index is 1260. The second-order valence-corrected chi connectivity index (χ2v) is 8.35. The number of hydrogen-bond acceptors (Lipinski definition) is 4. The van der Waals surface area contributed by atoms with Crippen LogP contribution in [0, 0.1) is 0 Å². The molecule has 3 heterocycles. The van der Waals surface area contributed by atoms with E-state index in [1.807, 2.05) is 30.6 Å². The van der Waals surface area contributed by atoms with Crippen molar-refractivity contribution in [1.29, 1.82) is 0 Å². The number of fused-ring (bicyclic) bond motifs is 1. The fourth-order valence-electron chi connectivity index (χ4n) is 4.57. The van der Waals surface area contributed by atoms with E-state index in [-0.39, 0.29) is 5.78 Å². The number of H-pyrrole nitrogens is 1. The van der Waals surface area contributed by atoms with Crippen LogP contribution in [0.15, 0.2) is 78.9 Å². The molecule has 5 nitrogen and oxygen atoms in total. The van der Waals surface area contributed by atoms with Crippen LogP contribution in [-0.4, -0.2) is 38.7 Å². The molecular formula is C27H26N4O. The maximum atomic E-state index is 11.8. The highest BCUT2D eigenvalue weighted by molar-refractivity contribution is 5.98. The molecule has 160 valence electrons. The van der Waals surface area contributed by atoms with Crippen molar-refractivity contribution in [2.45, 2.75) is 26.3 Å². The molecule has 32 heavy (non-hydrogen) atoms. The van der Waals surface area contributed by atoms with Gasteiger partial charge in [0.25, 0.3) is 0 Å². The number of benzene rings is 2. The molecule has 5 rings (SSSR count). The Morgan fingerprint density at radius 1 is 1.00 bits per heavy atom. The Labute approximate surface area is 187 Å². The summed E-state index contributed by atoms with van der Waals surface area (Å²) < 4.78 is 0. The number of imidazole rings is 1. The summed E-state index contributed by atoms with van der Waals surface area (Å²) in [6, 6.07) is 18.5. The lowest BCUT2D eigenvalue weighted by atomic mass is 9.87. The number of pyridine rings is 1. The van der Waals surface area contributed by atoms with Crippen LogP contribution in [0.3, 0.4) is 0 Å². The summed E-state index contributed by atoms with van der Waals surface area (Å²) in [6.45, 7) is 4.51. The number of likely N-dealkylation sites (tertiary alicyclic amines) is 1. The maximum Gasteiger partial charge on any atom is 0.159 e. The zero-order valence-electron chi connectivity index (χ0n) is 18.2. The summed E-state index contributed by atoms with van der Waals surface area (Å²) in [5.41, 5.74) is 7.92. The smallest absolute Gasteiger partial charge is 0.159 e. The Morgan fingerprint density at radius 3 is 2.47 bits per heavy atom. The molecule has 1 aliphatic rings. The number of carbonyl (C=O) groups is 1. The molecule has 0 unspecified atom stereocenters. The predicted molar refractivity (Wildman–Crippen MR) is 127 cm³/mol. The number of aromatic amines is 1. The van der Waals surface area contributed by atoms with Crippen molar-refractivity contribution in [2.75, 3.05) is 13.1 Å². The molecule has 1 N–H and O–H groups in total. The van der Waals surface area contributed by atoms with Crippen LogP contribution in [-0.2, 0) is 6.54 Å². The average molecular weight is 423 g/mol. The number of rotatable bonds is 5. The van der Waals surface area contributed by atoms with E-state index < -0.39 is 0 Å². The third-order valence-electron chi connectivity index (χ3n) is 6.24. The molecule has 2 aromatic heterocycles. The van der Waals surface area contributed by atoms with Crippen molar-refractivity contribution in [3.63, 3.8) is 0 Å². The summed E-state index contributed by atoms with van der Waals surface area (Å²) in [5.74, 6) is 0.0877. The summed E-state index contributed by atoms with van der Waals surface area (Å²) in [7, 11) is 0. The van der Waals surface area contributed by atoms with Crippen LogP contribution < -0.4 is 0 Å². The van der Waals surface area contributed by atoms with E-state index in [0.717, 1.165) is 65.8 Å². The normalized spacial score (nSPS) is 14.6. The van der Waals surface area contributed by atoms with Crippen molar-refractivity contribution in [3.8, 4) is 0 Å².